The number of carbonyl (C=O) groups is 1. The molecule has 1 N–H and O–H groups in total. The second-order valence-electron chi connectivity index (χ2n) is 2.93. The molecule has 0 bridgehead atoms. The number of amides is 1. The van der Waals surface area contributed by atoms with E-state index in [0.717, 1.165) is 4.88 Å². The zero-order valence-electron chi connectivity index (χ0n) is 8.30. The third-order valence-corrected chi connectivity index (χ3v) is 2.19. The van der Waals surface area contributed by atoms with Gasteiger partial charge in [0, 0.05) is 11.1 Å². The summed E-state index contributed by atoms with van der Waals surface area (Å²) in [7, 11) is 0. The molecule has 0 saturated heterocycles. The first kappa shape index (κ1) is 12.9. The molecule has 0 unspecified atom stereocenters. The summed E-state index contributed by atoms with van der Waals surface area (Å²) >= 11 is 1.23. The van der Waals surface area contributed by atoms with Crippen molar-refractivity contribution in [1.29, 1.82) is 0 Å². The number of anilines is 1. The van der Waals surface area contributed by atoms with E-state index < -0.39 is 25.3 Å². The number of ether oxygens (including phenoxy) is 1. The number of hydrogen-bond donors (Lipinski definition) is 1. The van der Waals surface area contributed by atoms with Gasteiger partial charge in [0.1, 0.15) is 13.2 Å². The lowest BCUT2D eigenvalue weighted by Gasteiger charge is -2.06. The molecule has 1 aromatic heterocycles. The number of aryl methyl sites for hydroxylation is 1. The second kappa shape index (κ2) is 5.26. The highest BCUT2D eigenvalue weighted by atomic mass is 32.1. The largest absolute Gasteiger partial charge is 0.411 e. The van der Waals surface area contributed by atoms with E-state index in [0.29, 0.717) is 5.13 Å². The molecule has 0 radical (unpaired) electrons. The van der Waals surface area contributed by atoms with E-state index in [4.69, 9.17) is 0 Å². The van der Waals surface area contributed by atoms with Crippen LogP contribution in [-0.2, 0) is 9.53 Å². The summed E-state index contributed by atoms with van der Waals surface area (Å²) in [5.74, 6) is -0.654. The van der Waals surface area contributed by atoms with E-state index >= 15 is 0 Å². The van der Waals surface area contributed by atoms with E-state index in [9.17, 15) is 18.0 Å². The van der Waals surface area contributed by atoms with E-state index in [1.807, 2.05) is 0 Å². The van der Waals surface area contributed by atoms with Crippen molar-refractivity contribution in [2.24, 2.45) is 0 Å². The minimum Gasteiger partial charge on any atom is -0.362 e. The summed E-state index contributed by atoms with van der Waals surface area (Å²) < 4.78 is 39.2. The zero-order valence-corrected chi connectivity index (χ0v) is 9.11. The molecule has 0 aromatic carbocycles. The molecule has 1 amide bonds. The molecule has 1 aromatic rings. The van der Waals surface area contributed by atoms with Gasteiger partial charge in [0.2, 0.25) is 0 Å². The van der Waals surface area contributed by atoms with Gasteiger partial charge in [-0.2, -0.15) is 13.2 Å². The number of aromatic nitrogens is 1. The predicted octanol–water partition coefficient (Wildman–Crippen LogP) is 1.97. The fraction of sp³-hybridized carbons (Fsp3) is 0.500. The van der Waals surface area contributed by atoms with Crippen molar-refractivity contribution in [3.8, 4) is 0 Å². The highest BCUT2D eigenvalue weighted by Gasteiger charge is 2.27. The van der Waals surface area contributed by atoms with Gasteiger partial charge in [-0.1, -0.05) is 0 Å². The molecule has 1 rings (SSSR count). The van der Waals surface area contributed by atoms with Crippen molar-refractivity contribution in [2.75, 3.05) is 18.5 Å². The van der Waals surface area contributed by atoms with Gasteiger partial charge >= 0.3 is 6.18 Å². The smallest absolute Gasteiger partial charge is 0.362 e. The van der Waals surface area contributed by atoms with E-state index in [2.05, 4.69) is 15.0 Å². The first-order valence-corrected chi connectivity index (χ1v) is 5.05. The SMILES string of the molecule is Cc1cnc(NC(=O)COCC(F)(F)F)s1. The van der Waals surface area contributed by atoms with Crippen molar-refractivity contribution < 1.29 is 22.7 Å². The van der Waals surface area contributed by atoms with Crippen LogP contribution in [0.3, 0.4) is 0 Å². The lowest BCUT2D eigenvalue weighted by molar-refractivity contribution is -0.174. The Balaban J connectivity index is 2.26. The Hall–Kier alpha value is -1.15. The minimum atomic E-state index is -4.42. The zero-order chi connectivity index (χ0) is 12.2. The van der Waals surface area contributed by atoms with Gasteiger partial charge in [0.15, 0.2) is 5.13 Å². The maximum atomic E-state index is 11.7. The van der Waals surface area contributed by atoms with Gasteiger partial charge in [-0.3, -0.25) is 10.1 Å². The standard InChI is InChI=1S/C8H9F3N2O2S/c1-5-2-12-7(16-5)13-6(14)3-15-4-8(9,10)11/h2H,3-4H2,1H3,(H,12,13,14). The quantitative estimate of drug-likeness (QED) is 0.893. The van der Waals surface area contributed by atoms with Crippen molar-refractivity contribution in [2.45, 2.75) is 13.1 Å². The van der Waals surface area contributed by atoms with Gasteiger partial charge in [-0.15, -0.1) is 11.3 Å². The Bertz CT molecular complexity index is 364. The summed E-state index contributed by atoms with van der Waals surface area (Å²) in [6.07, 6.45) is -2.87. The molecule has 0 aliphatic heterocycles. The molecule has 90 valence electrons. The summed E-state index contributed by atoms with van der Waals surface area (Å²) in [5, 5.41) is 2.67. The van der Waals surface area contributed by atoms with Crippen LogP contribution in [0.5, 0.6) is 0 Å². The number of rotatable bonds is 4. The molecule has 16 heavy (non-hydrogen) atoms. The highest BCUT2D eigenvalue weighted by molar-refractivity contribution is 7.15. The molecule has 1 heterocycles. The van der Waals surface area contributed by atoms with Gasteiger partial charge in [0.05, 0.1) is 0 Å². The lowest BCUT2D eigenvalue weighted by atomic mass is 10.6. The first-order chi connectivity index (χ1) is 7.37. The summed E-state index contributed by atoms with van der Waals surface area (Å²) in [6, 6.07) is 0. The molecule has 0 aliphatic carbocycles. The maximum absolute atomic E-state index is 11.7. The number of hydrogen-bond acceptors (Lipinski definition) is 4. The Kier molecular flexibility index (Phi) is 4.25. The van der Waals surface area contributed by atoms with Crippen LogP contribution in [0.25, 0.3) is 0 Å². The average Bonchev–Trinajstić information content (AvgIpc) is 2.48. The average molecular weight is 254 g/mol. The van der Waals surface area contributed by atoms with Gasteiger partial charge in [-0.05, 0) is 6.92 Å². The first-order valence-electron chi connectivity index (χ1n) is 4.23. The second-order valence-corrected chi connectivity index (χ2v) is 4.17. The Morgan fingerprint density at radius 2 is 2.31 bits per heavy atom. The Labute approximate surface area is 93.4 Å². The van der Waals surface area contributed by atoms with Crippen LogP contribution in [0.1, 0.15) is 4.88 Å². The third-order valence-electron chi connectivity index (χ3n) is 1.37. The Morgan fingerprint density at radius 1 is 1.62 bits per heavy atom. The summed E-state index contributed by atoms with van der Waals surface area (Å²) in [5.41, 5.74) is 0. The summed E-state index contributed by atoms with van der Waals surface area (Å²) in [6.45, 7) is -0.275. The Morgan fingerprint density at radius 3 is 2.81 bits per heavy atom. The normalized spacial score (nSPS) is 11.5. The topological polar surface area (TPSA) is 51.2 Å². The van der Waals surface area contributed by atoms with Crippen LogP contribution in [0.4, 0.5) is 18.3 Å². The van der Waals surface area contributed by atoms with Crippen molar-refractivity contribution in [1.82, 2.24) is 4.98 Å². The molecule has 0 aliphatic rings. The molecular formula is C8H9F3N2O2S. The van der Waals surface area contributed by atoms with Crippen molar-refractivity contribution in [3.05, 3.63) is 11.1 Å². The monoisotopic (exact) mass is 254 g/mol. The summed E-state index contributed by atoms with van der Waals surface area (Å²) in [4.78, 5) is 15.8. The number of nitrogens with one attached hydrogen (secondary N) is 1. The third kappa shape index (κ3) is 5.08. The lowest BCUT2D eigenvalue weighted by Crippen LogP contribution is -2.23. The van der Waals surface area contributed by atoms with Gasteiger partial charge in [-0.25, -0.2) is 4.98 Å². The van der Waals surface area contributed by atoms with Crippen LogP contribution in [0, 0.1) is 6.92 Å². The van der Waals surface area contributed by atoms with E-state index in [-0.39, 0.29) is 0 Å². The maximum Gasteiger partial charge on any atom is 0.411 e. The van der Waals surface area contributed by atoms with Crippen LogP contribution < -0.4 is 5.32 Å². The molecule has 0 atom stereocenters. The molecule has 0 saturated carbocycles. The van der Waals surface area contributed by atoms with Crippen LogP contribution in [0.15, 0.2) is 6.20 Å². The van der Waals surface area contributed by atoms with Crippen molar-refractivity contribution >= 4 is 22.4 Å². The van der Waals surface area contributed by atoms with Crippen molar-refractivity contribution in [3.63, 3.8) is 0 Å². The molecule has 0 spiro atoms. The van der Waals surface area contributed by atoms with Gasteiger partial charge < -0.3 is 4.74 Å². The predicted molar refractivity (Wildman–Crippen MR) is 52.4 cm³/mol. The molecular weight excluding hydrogens is 245 g/mol. The number of carbonyl (C=O) groups excluding carboxylic acids is 1. The van der Waals surface area contributed by atoms with Gasteiger partial charge in [0.25, 0.3) is 5.91 Å². The molecule has 0 fully saturated rings. The van der Waals surface area contributed by atoms with Crippen LogP contribution in [-0.4, -0.2) is 30.3 Å². The number of thiazole rings is 1. The van der Waals surface area contributed by atoms with Crippen LogP contribution >= 0.6 is 11.3 Å². The number of alkyl halides is 3. The van der Waals surface area contributed by atoms with Crippen LogP contribution in [0.2, 0.25) is 0 Å². The molecule has 8 heteroatoms. The fourth-order valence-corrected chi connectivity index (χ4v) is 1.51. The highest BCUT2D eigenvalue weighted by Crippen LogP contribution is 2.17. The van der Waals surface area contributed by atoms with E-state index in [1.165, 1.54) is 11.3 Å². The fourth-order valence-electron chi connectivity index (χ4n) is 0.827. The minimum absolute atomic E-state index is 0.345. The number of halogens is 3. The molecule has 4 nitrogen and oxygen atoms in total. The number of nitrogens with zero attached hydrogens (tertiary/aromatic N) is 1. The van der Waals surface area contributed by atoms with E-state index in [1.54, 1.807) is 13.1 Å².